The average Bonchev–Trinajstić information content (AvgIpc) is 2.44. The van der Waals surface area contributed by atoms with Gasteiger partial charge in [0.1, 0.15) is 0 Å². The van der Waals surface area contributed by atoms with E-state index in [1.165, 1.54) is 11.1 Å². The van der Waals surface area contributed by atoms with E-state index in [0.717, 1.165) is 11.5 Å². The maximum Gasteiger partial charge on any atom is 0.220 e. The highest BCUT2D eigenvalue weighted by Crippen LogP contribution is 2.23. The minimum atomic E-state index is 0.597. The van der Waals surface area contributed by atoms with Gasteiger partial charge in [-0.15, -0.1) is 0 Å². The van der Waals surface area contributed by atoms with Crippen LogP contribution in [0.4, 0.5) is 0 Å². The molecule has 1 aromatic carbocycles. The van der Waals surface area contributed by atoms with Gasteiger partial charge in [0.2, 0.25) is 8.77 Å². The summed E-state index contributed by atoms with van der Waals surface area (Å²) in [6.45, 7) is 5.11. The summed E-state index contributed by atoms with van der Waals surface area (Å²) in [6.07, 6.45) is 0. The lowest BCUT2D eigenvalue weighted by Crippen LogP contribution is -2.00. The molecule has 6 heteroatoms. The largest absolute Gasteiger partial charge is 0.479 e. The molecule has 0 heterocycles. The van der Waals surface area contributed by atoms with Gasteiger partial charge in [0.15, 0.2) is 0 Å². The van der Waals surface area contributed by atoms with Gasteiger partial charge in [-0.1, -0.05) is 47.8 Å². The highest BCUT2D eigenvalue weighted by Gasteiger charge is 2.06. The Morgan fingerprint density at radius 1 is 0.900 bits per heavy atom. The van der Waals surface area contributed by atoms with E-state index in [1.54, 1.807) is 23.5 Å². The van der Waals surface area contributed by atoms with E-state index in [2.05, 4.69) is 12.1 Å². The molecule has 0 aliphatic rings. The predicted molar refractivity (Wildman–Crippen MR) is 97.5 cm³/mol. The fourth-order valence-corrected chi connectivity index (χ4v) is 3.53. The van der Waals surface area contributed by atoms with Crippen LogP contribution < -0.4 is 0 Å². The Hall–Kier alpha value is -0.300. The lowest BCUT2D eigenvalue weighted by Gasteiger charge is -2.10. The van der Waals surface area contributed by atoms with Gasteiger partial charge in [0.05, 0.1) is 13.2 Å². The number of benzene rings is 1. The minimum absolute atomic E-state index is 0.597. The van der Waals surface area contributed by atoms with Crippen LogP contribution in [0.5, 0.6) is 0 Å². The number of ether oxygens (including phenoxy) is 2. The predicted octanol–water partition coefficient (Wildman–Crippen LogP) is 4.80. The molecule has 0 saturated heterocycles. The lowest BCUT2D eigenvalue weighted by molar-refractivity contribution is 0.346. The summed E-state index contributed by atoms with van der Waals surface area (Å²) >= 11 is 13.4. The highest BCUT2D eigenvalue weighted by atomic mass is 32.2. The Morgan fingerprint density at radius 3 is 1.65 bits per heavy atom. The van der Waals surface area contributed by atoms with Gasteiger partial charge in [-0.2, -0.15) is 0 Å². The Labute approximate surface area is 140 Å². The number of rotatable bonds is 6. The van der Waals surface area contributed by atoms with E-state index in [-0.39, 0.29) is 0 Å². The normalized spacial score (nSPS) is 10.1. The van der Waals surface area contributed by atoms with Gasteiger partial charge in [0, 0.05) is 11.5 Å². The van der Waals surface area contributed by atoms with Crippen LogP contribution in [0.2, 0.25) is 0 Å². The molecule has 1 rings (SSSR count). The summed E-state index contributed by atoms with van der Waals surface area (Å²) in [6, 6.07) is 8.30. The van der Waals surface area contributed by atoms with Crippen molar-refractivity contribution in [2.24, 2.45) is 0 Å². The van der Waals surface area contributed by atoms with Crippen LogP contribution in [0.3, 0.4) is 0 Å². The zero-order valence-corrected chi connectivity index (χ0v) is 14.9. The minimum Gasteiger partial charge on any atom is -0.479 e. The number of hydrogen-bond donors (Lipinski definition) is 0. The van der Waals surface area contributed by atoms with Crippen molar-refractivity contribution in [3.63, 3.8) is 0 Å². The first-order valence-electron chi connectivity index (χ1n) is 6.33. The molecule has 0 aliphatic carbocycles. The van der Waals surface area contributed by atoms with Crippen LogP contribution >= 0.6 is 48.0 Å². The van der Waals surface area contributed by atoms with Crippen molar-refractivity contribution in [1.82, 2.24) is 0 Å². The molecule has 0 unspecified atom stereocenters. The first-order valence-corrected chi connectivity index (χ1v) is 9.12. The second kappa shape index (κ2) is 10.4. The Morgan fingerprint density at radius 2 is 1.30 bits per heavy atom. The molecule has 2 nitrogen and oxygen atoms in total. The third-order valence-corrected chi connectivity index (χ3v) is 4.89. The molecule has 0 spiro atoms. The Balaban J connectivity index is 2.54. The molecule has 0 bridgehead atoms. The third kappa shape index (κ3) is 6.92. The summed E-state index contributed by atoms with van der Waals surface area (Å²) in [5.74, 6) is 1.63. The molecule has 0 saturated carbocycles. The van der Waals surface area contributed by atoms with Gasteiger partial charge in [-0.3, -0.25) is 0 Å². The molecular formula is C14H18O2S4. The third-order valence-electron chi connectivity index (χ3n) is 2.33. The van der Waals surface area contributed by atoms with E-state index in [0.29, 0.717) is 22.0 Å². The first-order chi connectivity index (χ1) is 9.67. The lowest BCUT2D eigenvalue weighted by atomic mass is 10.1. The molecule has 0 radical (unpaired) electrons. The first kappa shape index (κ1) is 17.8. The van der Waals surface area contributed by atoms with Crippen molar-refractivity contribution >= 4 is 56.7 Å². The maximum absolute atomic E-state index is 5.28. The molecule has 1 aromatic rings. The van der Waals surface area contributed by atoms with Crippen LogP contribution in [-0.4, -0.2) is 22.0 Å². The highest BCUT2D eigenvalue weighted by molar-refractivity contribution is 8.22. The second-order valence-electron chi connectivity index (χ2n) is 3.71. The van der Waals surface area contributed by atoms with E-state index in [9.17, 15) is 0 Å². The van der Waals surface area contributed by atoms with E-state index in [4.69, 9.17) is 33.9 Å². The molecule has 20 heavy (non-hydrogen) atoms. The van der Waals surface area contributed by atoms with Crippen molar-refractivity contribution in [1.29, 1.82) is 0 Å². The van der Waals surface area contributed by atoms with Crippen molar-refractivity contribution in [2.45, 2.75) is 25.4 Å². The van der Waals surface area contributed by atoms with Gasteiger partial charge in [0.25, 0.3) is 0 Å². The fraction of sp³-hybridized carbons (Fsp3) is 0.429. The molecule has 0 fully saturated rings. The van der Waals surface area contributed by atoms with Crippen LogP contribution in [0.1, 0.15) is 25.0 Å². The molecule has 0 atom stereocenters. The summed E-state index contributed by atoms with van der Waals surface area (Å²) in [5, 5.41) is 0. The second-order valence-corrected chi connectivity index (χ2v) is 6.87. The molecule has 0 amide bonds. The SMILES string of the molecule is CCOC(=S)SCc1ccccc1CSC(=S)OCC. The van der Waals surface area contributed by atoms with Crippen LogP contribution in [0.15, 0.2) is 24.3 Å². The smallest absolute Gasteiger partial charge is 0.220 e. The zero-order chi connectivity index (χ0) is 14.8. The molecule has 0 aromatic heterocycles. The molecule has 0 aliphatic heterocycles. The summed E-state index contributed by atoms with van der Waals surface area (Å²) in [7, 11) is 0. The van der Waals surface area contributed by atoms with Crippen molar-refractivity contribution in [3.05, 3.63) is 35.4 Å². The number of hydrogen-bond acceptors (Lipinski definition) is 6. The van der Waals surface area contributed by atoms with E-state index in [1.807, 2.05) is 26.0 Å². The van der Waals surface area contributed by atoms with Gasteiger partial charge < -0.3 is 9.47 Å². The zero-order valence-electron chi connectivity index (χ0n) is 11.6. The number of thiocarbonyl (C=S) groups is 2. The Kier molecular flexibility index (Phi) is 9.26. The van der Waals surface area contributed by atoms with Crippen LogP contribution in [-0.2, 0) is 21.0 Å². The van der Waals surface area contributed by atoms with Crippen molar-refractivity contribution in [3.8, 4) is 0 Å². The maximum atomic E-state index is 5.28. The summed E-state index contributed by atoms with van der Waals surface area (Å²) < 4.78 is 11.8. The quantitative estimate of drug-likeness (QED) is 0.684. The van der Waals surface area contributed by atoms with Crippen molar-refractivity contribution in [2.75, 3.05) is 13.2 Å². The molecule has 110 valence electrons. The Bertz CT molecular complexity index is 408. The van der Waals surface area contributed by atoms with E-state index < -0.39 is 0 Å². The fourth-order valence-electron chi connectivity index (χ4n) is 1.43. The molecular weight excluding hydrogens is 328 g/mol. The monoisotopic (exact) mass is 346 g/mol. The van der Waals surface area contributed by atoms with Gasteiger partial charge in [-0.05, 0) is 49.4 Å². The average molecular weight is 347 g/mol. The standard InChI is InChI=1S/C14H18O2S4/c1-3-15-13(17)19-9-11-7-5-6-8-12(11)10-20-14(18)16-4-2/h5-8H,3-4,9-10H2,1-2H3. The van der Waals surface area contributed by atoms with Gasteiger partial charge in [-0.25, -0.2) is 0 Å². The summed E-state index contributed by atoms with van der Waals surface area (Å²) in [5.41, 5.74) is 2.51. The van der Waals surface area contributed by atoms with Crippen LogP contribution in [0, 0.1) is 0 Å². The topological polar surface area (TPSA) is 18.5 Å². The summed E-state index contributed by atoms with van der Waals surface area (Å²) in [4.78, 5) is 0. The van der Waals surface area contributed by atoms with Gasteiger partial charge >= 0.3 is 0 Å². The van der Waals surface area contributed by atoms with Crippen LogP contribution in [0.25, 0.3) is 0 Å². The molecule has 0 N–H and O–H groups in total. The van der Waals surface area contributed by atoms with E-state index >= 15 is 0 Å². The van der Waals surface area contributed by atoms with Crippen molar-refractivity contribution < 1.29 is 9.47 Å². The number of thioether (sulfide) groups is 2.